The molecule has 0 radical (unpaired) electrons. The van der Waals surface area contributed by atoms with Crippen LogP contribution in [0.3, 0.4) is 0 Å². The molecule has 1 aliphatic rings. The summed E-state index contributed by atoms with van der Waals surface area (Å²) in [7, 11) is 1.44. The molecule has 3 rings (SSSR count). The van der Waals surface area contributed by atoms with Crippen molar-refractivity contribution >= 4 is 5.97 Å². The zero-order valence-corrected chi connectivity index (χ0v) is 17.5. The van der Waals surface area contributed by atoms with Crippen LogP contribution in [0.4, 0.5) is 0 Å². The maximum absolute atomic E-state index is 12.6. The Kier molecular flexibility index (Phi) is 8.75. The maximum atomic E-state index is 12.6. The Morgan fingerprint density at radius 3 is 2.42 bits per heavy atom. The highest BCUT2D eigenvalue weighted by Crippen LogP contribution is 2.28. The van der Waals surface area contributed by atoms with E-state index in [1.54, 1.807) is 36.4 Å². The summed E-state index contributed by atoms with van der Waals surface area (Å²) in [5.41, 5.74) is 1.38. The number of aliphatic hydroxyl groups is 1. The van der Waals surface area contributed by atoms with E-state index in [1.165, 1.54) is 7.11 Å². The third kappa shape index (κ3) is 6.22. The molecule has 0 saturated carbocycles. The Balaban J connectivity index is 1.68. The lowest BCUT2D eigenvalue weighted by molar-refractivity contribution is -0.303. The molecule has 0 spiro atoms. The molecule has 1 N–H and O–H groups in total. The Morgan fingerprint density at radius 2 is 1.77 bits per heavy atom. The van der Waals surface area contributed by atoms with Crippen molar-refractivity contribution in [1.82, 2.24) is 0 Å². The van der Waals surface area contributed by atoms with E-state index in [1.807, 2.05) is 30.3 Å². The fourth-order valence-corrected chi connectivity index (χ4v) is 3.36. The summed E-state index contributed by atoms with van der Waals surface area (Å²) < 4.78 is 28.5. The van der Waals surface area contributed by atoms with Gasteiger partial charge in [0.05, 0.1) is 25.4 Å². The lowest BCUT2D eigenvalue weighted by Gasteiger charge is -2.43. The fraction of sp³-hybridized carbons (Fsp3) is 0.375. The van der Waals surface area contributed by atoms with Crippen LogP contribution in [-0.4, -0.2) is 62.1 Å². The molecule has 0 amide bonds. The molecule has 7 nitrogen and oxygen atoms in total. The Bertz CT molecular complexity index is 811. The second kappa shape index (κ2) is 11.7. The third-order valence-corrected chi connectivity index (χ3v) is 4.92. The summed E-state index contributed by atoms with van der Waals surface area (Å²) in [6, 6.07) is 18.2. The third-order valence-electron chi connectivity index (χ3n) is 4.92. The minimum Gasteiger partial charge on any atom is -0.450 e. The van der Waals surface area contributed by atoms with Gasteiger partial charge in [0, 0.05) is 7.11 Å². The molecule has 1 aliphatic heterocycles. The SMILES string of the molecule is C=CCO[C@H]1O[C@H](COCc2ccccc2)[C@@H](O)[C@H](OC)[C@@H]1OC(=O)c1ccccc1. The molecule has 7 heteroatoms. The lowest BCUT2D eigenvalue weighted by Crippen LogP contribution is -2.61. The van der Waals surface area contributed by atoms with Gasteiger partial charge >= 0.3 is 5.97 Å². The first-order valence-electron chi connectivity index (χ1n) is 10.1. The van der Waals surface area contributed by atoms with Gasteiger partial charge in [0.15, 0.2) is 12.4 Å². The topological polar surface area (TPSA) is 83.5 Å². The molecule has 0 aromatic heterocycles. The molecule has 5 atom stereocenters. The molecule has 0 aliphatic carbocycles. The monoisotopic (exact) mass is 428 g/mol. The van der Waals surface area contributed by atoms with E-state index in [2.05, 4.69) is 6.58 Å². The molecule has 1 saturated heterocycles. The maximum Gasteiger partial charge on any atom is 0.338 e. The van der Waals surface area contributed by atoms with Crippen LogP contribution in [0.2, 0.25) is 0 Å². The molecule has 2 aromatic rings. The molecule has 0 bridgehead atoms. The summed E-state index contributed by atoms with van der Waals surface area (Å²) in [6.45, 7) is 4.30. The molecule has 2 aromatic carbocycles. The van der Waals surface area contributed by atoms with Gasteiger partial charge in [-0.1, -0.05) is 54.6 Å². The molecule has 1 fully saturated rings. The zero-order valence-electron chi connectivity index (χ0n) is 17.5. The smallest absolute Gasteiger partial charge is 0.338 e. The number of carbonyl (C=O) groups excluding carboxylic acids is 1. The Morgan fingerprint density at radius 1 is 1.10 bits per heavy atom. The highest BCUT2D eigenvalue weighted by Gasteiger charge is 2.48. The lowest BCUT2D eigenvalue weighted by atomic mass is 9.98. The van der Waals surface area contributed by atoms with Gasteiger partial charge in [-0.05, 0) is 17.7 Å². The highest BCUT2D eigenvalue weighted by molar-refractivity contribution is 5.89. The van der Waals surface area contributed by atoms with Gasteiger partial charge in [0.2, 0.25) is 0 Å². The van der Waals surface area contributed by atoms with Crippen molar-refractivity contribution in [3.63, 3.8) is 0 Å². The average molecular weight is 428 g/mol. The zero-order chi connectivity index (χ0) is 22.1. The number of rotatable bonds is 10. The number of esters is 1. The minimum absolute atomic E-state index is 0.114. The first-order valence-corrected chi connectivity index (χ1v) is 10.1. The standard InChI is InChI=1S/C24H28O7/c1-3-14-29-24-22(31-23(26)18-12-8-5-9-13-18)21(27-2)20(25)19(30-24)16-28-15-17-10-6-4-7-11-17/h3-13,19-22,24-25H,1,14-16H2,2H3/t19-,20-,21+,22+,24+/m1/s1. The Labute approximate surface area is 182 Å². The number of aliphatic hydroxyl groups excluding tert-OH is 1. The van der Waals surface area contributed by atoms with Crippen LogP contribution in [-0.2, 0) is 30.3 Å². The predicted octanol–water partition coefficient (Wildman–Crippen LogP) is 2.73. The van der Waals surface area contributed by atoms with Crippen LogP contribution in [0.15, 0.2) is 73.3 Å². The molecular formula is C24H28O7. The van der Waals surface area contributed by atoms with Gasteiger partial charge in [0.25, 0.3) is 0 Å². The number of methoxy groups -OCH3 is 1. The van der Waals surface area contributed by atoms with E-state index < -0.39 is 36.7 Å². The van der Waals surface area contributed by atoms with Gasteiger partial charge in [-0.15, -0.1) is 6.58 Å². The molecule has 166 valence electrons. The summed E-state index contributed by atoms with van der Waals surface area (Å²) in [6.07, 6.45) is -3.04. The number of hydrogen-bond donors (Lipinski definition) is 1. The normalized spacial score (nSPS) is 25.7. The van der Waals surface area contributed by atoms with Crippen molar-refractivity contribution in [2.75, 3.05) is 20.3 Å². The second-order valence-corrected chi connectivity index (χ2v) is 7.09. The van der Waals surface area contributed by atoms with Crippen LogP contribution < -0.4 is 0 Å². The molecule has 0 unspecified atom stereocenters. The highest BCUT2D eigenvalue weighted by atomic mass is 16.7. The number of hydrogen-bond acceptors (Lipinski definition) is 7. The first kappa shape index (κ1) is 23.1. The van der Waals surface area contributed by atoms with Crippen LogP contribution in [0.5, 0.6) is 0 Å². The van der Waals surface area contributed by atoms with Crippen LogP contribution in [0.1, 0.15) is 15.9 Å². The van der Waals surface area contributed by atoms with Crippen LogP contribution >= 0.6 is 0 Å². The summed E-state index contributed by atoms with van der Waals surface area (Å²) in [4.78, 5) is 12.6. The van der Waals surface area contributed by atoms with Crippen LogP contribution in [0.25, 0.3) is 0 Å². The van der Waals surface area contributed by atoms with Gasteiger partial charge in [-0.3, -0.25) is 0 Å². The van der Waals surface area contributed by atoms with E-state index in [9.17, 15) is 9.90 Å². The first-order chi connectivity index (χ1) is 15.1. The van der Waals surface area contributed by atoms with Crippen molar-refractivity contribution in [2.45, 2.75) is 37.3 Å². The Hall–Kier alpha value is -2.55. The molecular weight excluding hydrogens is 400 g/mol. The summed E-state index contributed by atoms with van der Waals surface area (Å²) >= 11 is 0. The fourth-order valence-electron chi connectivity index (χ4n) is 3.36. The van der Waals surface area contributed by atoms with Crippen LogP contribution in [0, 0.1) is 0 Å². The number of benzene rings is 2. The van der Waals surface area contributed by atoms with Gasteiger partial charge < -0.3 is 28.8 Å². The van der Waals surface area contributed by atoms with Crippen molar-refractivity contribution in [3.05, 3.63) is 84.4 Å². The van der Waals surface area contributed by atoms with Crippen molar-refractivity contribution < 1.29 is 33.6 Å². The quantitative estimate of drug-likeness (QED) is 0.460. The summed E-state index contributed by atoms with van der Waals surface area (Å²) in [5.74, 6) is -0.561. The van der Waals surface area contributed by atoms with E-state index in [-0.39, 0.29) is 13.2 Å². The van der Waals surface area contributed by atoms with Crippen molar-refractivity contribution in [1.29, 1.82) is 0 Å². The van der Waals surface area contributed by atoms with Gasteiger partial charge in [-0.25, -0.2) is 4.79 Å². The van der Waals surface area contributed by atoms with Gasteiger partial charge in [-0.2, -0.15) is 0 Å². The van der Waals surface area contributed by atoms with E-state index in [0.29, 0.717) is 12.2 Å². The van der Waals surface area contributed by atoms with Gasteiger partial charge in [0.1, 0.15) is 18.3 Å². The van der Waals surface area contributed by atoms with E-state index in [4.69, 9.17) is 23.7 Å². The predicted molar refractivity (Wildman–Crippen MR) is 113 cm³/mol. The van der Waals surface area contributed by atoms with Crippen molar-refractivity contribution in [3.8, 4) is 0 Å². The number of ether oxygens (including phenoxy) is 5. The van der Waals surface area contributed by atoms with E-state index >= 15 is 0 Å². The second-order valence-electron chi connectivity index (χ2n) is 7.09. The van der Waals surface area contributed by atoms with E-state index in [0.717, 1.165) is 5.56 Å². The largest absolute Gasteiger partial charge is 0.450 e. The molecule has 31 heavy (non-hydrogen) atoms. The number of carbonyl (C=O) groups is 1. The minimum atomic E-state index is -1.09. The summed E-state index contributed by atoms with van der Waals surface area (Å²) in [5, 5.41) is 10.8. The average Bonchev–Trinajstić information content (AvgIpc) is 2.81. The molecule has 1 heterocycles. The van der Waals surface area contributed by atoms with Crippen molar-refractivity contribution in [2.24, 2.45) is 0 Å².